The first-order valence-corrected chi connectivity index (χ1v) is 7.44. The van der Waals surface area contributed by atoms with Gasteiger partial charge in [0.05, 0.1) is 5.56 Å². The van der Waals surface area contributed by atoms with Crippen LogP contribution in [0.3, 0.4) is 0 Å². The summed E-state index contributed by atoms with van der Waals surface area (Å²) in [5.74, 6) is 0.334. The van der Waals surface area contributed by atoms with Crippen LogP contribution in [-0.4, -0.2) is 25.0 Å². The van der Waals surface area contributed by atoms with Gasteiger partial charge in [-0.1, -0.05) is 19.1 Å². The molecule has 0 saturated carbocycles. The van der Waals surface area contributed by atoms with Crippen LogP contribution in [0.4, 0.5) is 13.2 Å². The van der Waals surface area contributed by atoms with E-state index in [-0.39, 0.29) is 17.9 Å². The number of carbonyl (C=O) groups is 1. The van der Waals surface area contributed by atoms with Crippen molar-refractivity contribution in [3.05, 3.63) is 35.4 Å². The Morgan fingerprint density at radius 2 is 1.86 bits per heavy atom. The Labute approximate surface area is 128 Å². The molecule has 0 bridgehead atoms. The molecule has 2 rings (SSSR count). The molecule has 122 valence electrons. The minimum absolute atomic E-state index is 0.00547. The van der Waals surface area contributed by atoms with Crippen LogP contribution in [-0.2, 0) is 17.4 Å². The van der Waals surface area contributed by atoms with Gasteiger partial charge in [0.15, 0.2) is 0 Å². The summed E-state index contributed by atoms with van der Waals surface area (Å²) in [5, 5.41) is 6.07. The molecule has 0 spiro atoms. The highest BCUT2D eigenvalue weighted by atomic mass is 19.4. The predicted molar refractivity (Wildman–Crippen MR) is 78.3 cm³/mol. The Kier molecular flexibility index (Phi) is 5.11. The number of halogens is 3. The van der Waals surface area contributed by atoms with Crippen molar-refractivity contribution in [3.8, 4) is 0 Å². The number of alkyl halides is 3. The van der Waals surface area contributed by atoms with E-state index in [2.05, 4.69) is 10.6 Å². The van der Waals surface area contributed by atoms with Crippen molar-refractivity contribution in [1.82, 2.24) is 10.6 Å². The molecule has 0 aromatic heterocycles. The Morgan fingerprint density at radius 1 is 1.27 bits per heavy atom. The summed E-state index contributed by atoms with van der Waals surface area (Å²) in [5.41, 5.74) is 0.123. The van der Waals surface area contributed by atoms with Crippen LogP contribution in [0.2, 0.25) is 0 Å². The molecule has 2 N–H and O–H groups in total. The van der Waals surface area contributed by atoms with Crippen LogP contribution in [0.25, 0.3) is 0 Å². The number of hydrogen-bond acceptors (Lipinski definition) is 2. The van der Waals surface area contributed by atoms with Crippen molar-refractivity contribution in [2.75, 3.05) is 13.1 Å². The van der Waals surface area contributed by atoms with Gasteiger partial charge in [-0.15, -0.1) is 0 Å². The molecule has 22 heavy (non-hydrogen) atoms. The summed E-state index contributed by atoms with van der Waals surface area (Å²) in [4.78, 5) is 12.1. The van der Waals surface area contributed by atoms with Gasteiger partial charge in [0.2, 0.25) is 5.91 Å². The molecule has 2 unspecified atom stereocenters. The standard InChI is InChI=1S/C16H21F3N2O/c1-10(21-15(22)11(2)13-8-20-9-13)7-12-3-5-14(6-4-12)16(17,18)19/h3-6,10-11,13,20H,7-9H2,1-2H3,(H,21,22). The van der Waals surface area contributed by atoms with E-state index in [0.29, 0.717) is 12.3 Å². The summed E-state index contributed by atoms with van der Waals surface area (Å²) < 4.78 is 37.5. The second-order valence-electron chi connectivity index (χ2n) is 6.02. The highest BCUT2D eigenvalue weighted by molar-refractivity contribution is 5.79. The molecule has 1 aromatic carbocycles. The zero-order chi connectivity index (χ0) is 16.3. The molecule has 1 aromatic rings. The number of rotatable bonds is 5. The summed E-state index contributed by atoms with van der Waals surface area (Å²) >= 11 is 0. The van der Waals surface area contributed by atoms with Gasteiger partial charge in [-0.2, -0.15) is 13.2 Å². The van der Waals surface area contributed by atoms with Gasteiger partial charge >= 0.3 is 6.18 Å². The maximum atomic E-state index is 12.5. The topological polar surface area (TPSA) is 41.1 Å². The average molecular weight is 314 g/mol. The number of nitrogens with one attached hydrogen (secondary N) is 2. The van der Waals surface area contributed by atoms with Crippen LogP contribution in [0.15, 0.2) is 24.3 Å². The quantitative estimate of drug-likeness (QED) is 0.877. The molecule has 1 heterocycles. The van der Waals surface area contributed by atoms with Crippen LogP contribution in [0, 0.1) is 11.8 Å². The molecular weight excluding hydrogens is 293 g/mol. The van der Waals surface area contributed by atoms with E-state index in [0.717, 1.165) is 30.8 Å². The first kappa shape index (κ1) is 16.8. The normalized spacial score (nSPS) is 18.4. The predicted octanol–water partition coefficient (Wildman–Crippen LogP) is 2.61. The van der Waals surface area contributed by atoms with Gasteiger partial charge in [-0.3, -0.25) is 4.79 Å². The maximum absolute atomic E-state index is 12.5. The number of benzene rings is 1. The van der Waals surface area contributed by atoms with E-state index in [9.17, 15) is 18.0 Å². The summed E-state index contributed by atoms with van der Waals surface area (Å²) in [7, 11) is 0. The monoisotopic (exact) mass is 314 g/mol. The van der Waals surface area contributed by atoms with Gasteiger partial charge in [0.1, 0.15) is 0 Å². The first-order valence-electron chi connectivity index (χ1n) is 7.44. The van der Waals surface area contributed by atoms with Gasteiger partial charge in [0, 0.05) is 12.0 Å². The van der Waals surface area contributed by atoms with E-state index < -0.39 is 11.7 Å². The van der Waals surface area contributed by atoms with Crippen molar-refractivity contribution in [1.29, 1.82) is 0 Å². The lowest BCUT2D eigenvalue weighted by Crippen LogP contribution is -2.50. The lowest BCUT2D eigenvalue weighted by atomic mass is 9.88. The summed E-state index contributed by atoms with van der Waals surface area (Å²) in [6.45, 7) is 5.50. The Hall–Kier alpha value is -1.56. The fourth-order valence-corrected chi connectivity index (χ4v) is 2.49. The smallest absolute Gasteiger partial charge is 0.353 e. The molecule has 6 heteroatoms. The van der Waals surface area contributed by atoms with Crippen LogP contribution in [0.5, 0.6) is 0 Å². The SMILES string of the molecule is CC(Cc1ccc(C(F)(F)F)cc1)NC(=O)C(C)C1CNC1. The number of hydrogen-bond donors (Lipinski definition) is 2. The zero-order valence-electron chi connectivity index (χ0n) is 12.7. The molecule has 1 aliphatic rings. The molecule has 1 amide bonds. The van der Waals surface area contributed by atoms with Crippen molar-refractivity contribution in [2.24, 2.45) is 11.8 Å². The van der Waals surface area contributed by atoms with Crippen molar-refractivity contribution in [3.63, 3.8) is 0 Å². The Bertz CT molecular complexity index is 509. The average Bonchev–Trinajstić information content (AvgIpc) is 2.35. The fourth-order valence-electron chi connectivity index (χ4n) is 2.49. The summed E-state index contributed by atoms with van der Waals surface area (Å²) in [6, 6.07) is 4.97. The van der Waals surface area contributed by atoms with E-state index >= 15 is 0 Å². The van der Waals surface area contributed by atoms with E-state index in [1.54, 1.807) is 0 Å². The summed E-state index contributed by atoms with van der Waals surface area (Å²) in [6.07, 6.45) is -3.80. The molecule has 3 nitrogen and oxygen atoms in total. The molecule has 1 aliphatic heterocycles. The van der Waals surface area contributed by atoms with Gasteiger partial charge in [-0.25, -0.2) is 0 Å². The second kappa shape index (κ2) is 6.69. The highest BCUT2D eigenvalue weighted by Gasteiger charge is 2.30. The maximum Gasteiger partial charge on any atom is 0.416 e. The molecular formula is C16H21F3N2O. The molecule has 0 aliphatic carbocycles. The first-order chi connectivity index (χ1) is 10.3. The van der Waals surface area contributed by atoms with E-state index in [1.165, 1.54) is 12.1 Å². The Balaban J connectivity index is 1.86. The minimum Gasteiger partial charge on any atom is -0.353 e. The van der Waals surface area contributed by atoms with Gasteiger partial charge in [-0.05, 0) is 50.0 Å². The second-order valence-corrected chi connectivity index (χ2v) is 6.02. The zero-order valence-corrected chi connectivity index (χ0v) is 12.7. The molecule has 0 radical (unpaired) electrons. The Morgan fingerprint density at radius 3 is 2.32 bits per heavy atom. The van der Waals surface area contributed by atoms with Crippen molar-refractivity contribution in [2.45, 2.75) is 32.5 Å². The molecule has 1 saturated heterocycles. The molecule has 2 atom stereocenters. The van der Waals surface area contributed by atoms with Gasteiger partial charge in [0.25, 0.3) is 0 Å². The van der Waals surface area contributed by atoms with Crippen molar-refractivity contribution < 1.29 is 18.0 Å². The van der Waals surface area contributed by atoms with Gasteiger partial charge < -0.3 is 10.6 Å². The van der Waals surface area contributed by atoms with Crippen LogP contribution >= 0.6 is 0 Å². The van der Waals surface area contributed by atoms with Crippen LogP contribution < -0.4 is 10.6 Å². The third-order valence-electron chi connectivity index (χ3n) is 4.15. The number of amides is 1. The third kappa shape index (κ3) is 4.22. The number of carbonyl (C=O) groups excluding carboxylic acids is 1. The third-order valence-corrected chi connectivity index (χ3v) is 4.15. The lowest BCUT2D eigenvalue weighted by molar-refractivity contribution is -0.137. The lowest BCUT2D eigenvalue weighted by Gasteiger charge is -2.32. The minimum atomic E-state index is -4.31. The molecule has 1 fully saturated rings. The van der Waals surface area contributed by atoms with Crippen LogP contribution in [0.1, 0.15) is 25.0 Å². The highest BCUT2D eigenvalue weighted by Crippen LogP contribution is 2.29. The van der Waals surface area contributed by atoms with E-state index in [4.69, 9.17) is 0 Å². The van der Waals surface area contributed by atoms with E-state index in [1.807, 2.05) is 13.8 Å². The van der Waals surface area contributed by atoms with Crippen molar-refractivity contribution >= 4 is 5.91 Å². The largest absolute Gasteiger partial charge is 0.416 e. The fraction of sp³-hybridized carbons (Fsp3) is 0.562.